The molecule has 1 aromatic heterocycles. The van der Waals surface area contributed by atoms with Gasteiger partial charge in [-0.2, -0.15) is 0 Å². The normalized spacial score (nSPS) is 12.9. The monoisotopic (exact) mass is 421 g/mol. The number of hydrogen-bond acceptors (Lipinski definition) is 8. The second kappa shape index (κ2) is 11.5. The highest BCUT2D eigenvalue weighted by Crippen LogP contribution is 2.25. The third-order valence-electron chi connectivity index (χ3n) is 4.39. The third-order valence-corrected chi connectivity index (χ3v) is 5.79. The molecule has 158 valence electrons. The first-order valence-corrected chi connectivity index (χ1v) is 10.4. The van der Waals surface area contributed by atoms with E-state index in [2.05, 4.69) is 15.1 Å². The van der Waals surface area contributed by atoms with E-state index in [4.69, 9.17) is 4.74 Å². The van der Waals surface area contributed by atoms with Gasteiger partial charge in [0.1, 0.15) is 17.7 Å². The van der Waals surface area contributed by atoms with Gasteiger partial charge in [0.25, 0.3) is 5.09 Å². The van der Waals surface area contributed by atoms with Gasteiger partial charge in [-0.25, -0.2) is 4.98 Å². The zero-order valence-electron chi connectivity index (χ0n) is 16.9. The Morgan fingerprint density at radius 1 is 1.31 bits per heavy atom. The van der Waals surface area contributed by atoms with E-state index in [1.54, 1.807) is 6.92 Å². The van der Waals surface area contributed by atoms with E-state index in [1.165, 1.54) is 11.3 Å². The molecule has 1 aromatic carbocycles. The molecule has 0 aliphatic carbocycles. The van der Waals surface area contributed by atoms with Crippen molar-refractivity contribution in [2.75, 3.05) is 13.2 Å². The summed E-state index contributed by atoms with van der Waals surface area (Å²) < 4.78 is 5.23. The Hall–Kier alpha value is -2.52. The van der Waals surface area contributed by atoms with Crippen molar-refractivity contribution in [1.29, 1.82) is 0 Å². The lowest BCUT2D eigenvalue weighted by Gasteiger charge is -2.21. The Bertz CT molecular complexity index is 797. The van der Waals surface area contributed by atoms with Crippen LogP contribution in [-0.4, -0.2) is 35.3 Å². The predicted octanol–water partition coefficient (Wildman–Crippen LogP) is 3.42. The van der Waals surface area contributed by atoms with Gasteiger partial charge < -0.3 is 9.57 Å². The fourth-order valence-corrected chi connectivity index (χ4v) is 3.98. The van der Waals surface area contributed by atoms with Crippen LogP contribution in [0.15, 0.2) is 30.3 Å². The fourth-order valence-electron chi connectivity index (χ4n) is 2.92. The average molecular weight is 422 g/mol. The van der Waals surface area contributed by atoms with Crippen LogP contribution < -0.4 is 5.32 Å². The zero-order valence-corrected chi connectivity index (χ0v) is 17.7. The van der Waals surface area contributed by atoms with Crippen LogP contribution in [0.5, 0.6) is 0 Å². The van der Waals surface area contributed by atoms with Gasteiger partial charge in [0.15, 0.2) is 0 Å². The lowest BCUT2D eigenvalue weighted by Crippen LogP contribution is -2.40. The predicted molar refractivity (Wildman–Crippen MR) is 110 cm³/mol. The first kappa shape index (κ1) is 22.8. The minimum atomic E-state index is -0.794. The van der Waals surface area contributed by atoms with Gasteiger partial charge in [-0.1, -0.05) is 30.3 Å². The van der Waals surface area contributed by atoms with Crippen LogP contribution >= 0.6 is 11.3 Å². The van der Waals surface area contributed by atoms with Crippen LogP contribution in [0.3, 0.4) is 0 Å². The van der Waals surface area contributed by atoms with Crippen molar-refractivity contribution < 1.29 is 19.5 Å². The van der Waals surface area contributed by atoms with Crippen molar-refractivity contribution in [2.45, 2.75) is 52.1 Å². The number of nitrogens with zero attached hydrogens (tertiary/aromatic N) is 2. The molecular weight excluding hydrogens is 394 g/mol. The van der Waals surface area contributed by atoms with Crippen molar-refractivity contribution in [2.24, 2.45) is 0 Å². The first-order valence-electron chi connectivity index (χ1n) is 9.60. The molecule has 0 unspecified atom stereocenters. The Balaban J connectivity index is 2.01. The number of esters is 1. The maximum absolute atomic E-state index is 12.4. The molecule has 29 heavy (non-hydrogen) atoms. The molecule has 2 atom stereocenters. The molecular formula is C20H27N3O5S. The summed E-state index contributed by atoms with van der Waals surface area (Å²) in [5, 5.41) is 13.7. The summed E-state index contributed by atoms with van der Waals surface area (Å²) in [6, 6.07) is 9.39. The van der Waals surface area contributed by atoms with Crippen molar-refractivity contribution >= 4 is 17.3 Å². The molecule has 2 rings (SSSR count). The smallest absolute Gasteiger partial charge is 0.323 e. The van der Waals surface area contributed by atoms with Crippen molar-refractivity contribution in [1.82, 2.24) is 10.3 Å². The van der Waals surface area contributed by atoms with Crippen LogP contribution in [0, 0.1) is 17.0 Å². The highest BCUT2D eigenvalue weighted by molar-refractivity contribution is 7.11. The number of carbonyl (C=O) groups is 1. The number of rotatable bonds is 12. The van der Waals surface area contributed by atoms with Crippen LogP contribution in [-0.2, 0) is 27.2 Å². The highest BCUT2D eigenvalue weighted by Gasteiger charge is 2.24. The van der Waals surface area contributed by atoms with Gasteiger partial charge in [0, 0.05) is 11.3 Å². The number of nitrogens with one attached hydrogen (secondary N) is 1. The maximum atomic E-state index is 12.4. The van der Waals surface area contributed by atoms with Crippen molar-refractivity contribution in [3.63, 3.8) is 0 Å². The molecule has 0 amide bonds. The minimum absolute atomic E-state index is 0.000189. The standard InChI is InChI=1S/C20H27N3O5S/c1-4-27-20(24)17(11-10-16-8-6-5-7-9-16)21-15(3)19-22-14(2)18(29-19)12-13-28-23(25)26/h5-9,15,17,21H,4,10-13H2,1-3H3/t15-,17-/m0/s1. The lowest BCUT2D eigenvalue weighted by atomic mass is 10.0. The molecule has 0 bridgehead atoms. The molecule has 1 N–H and O–H groups in total. The molecule has 1 heterocycles. The van der Waals surface area contributed by atoms with Crippen molar-refractivity contribution in [3.05, 3.63) is 61.6 Å². The van der Waals surface area contributed by atoms with Crippen molar-refractivity contribution in [3.8, 4) is 0 Å². The van der Waals surface area contributed by atoms with E-state index in [9.17, 15) is 14.9 Å². The molecule has 0 aliphatic rings. The maximum Gasteiger partial charge on any atom is 0.323 e. The lowest BCUT2D eigenvalue weighted by molar-refractivity contribution is -0.757. The largest absolute Gasteiger partial charge is 0.465 e. The summed E-state index contributed by atoms with van der Waals surface area (Å²) in [7, 11) is 0. The second-order valence-corrected chi connectivity index (χ2v) is 7.70. The summed E-state index contributed by atoms with van der Waals surface area (Å²) in [5.41, 5.74) is 1.98. The molecule has 0 fully saturated rings. The number of aromatic nitrogens is 1. The Morgan fingerprint density at radius 2 is 2.03 bits per heavy atom. The van der Waals surface area contributed by atoms with Crippen LogP contribution in [0.25, 0.3) is 0 Å². The van der Waals surface area contributed by atoms with Gasteiger partial charge in [-0.15, -0.1) is 21.5 Å². The molecule has 8 nitrogen and oxygen atoms in total. The first-order chi connectivity index (χ1) is 13.9. The fraction of sp³-hybridized carbons (Fsp3) is 0.500. The molecule has 0 saturated heterocycles. The number of hydrogen-bond donors (Lipinski definition) is 1. The van der Waals surface area contributed by atoms with Gasteiger partial charge >= 0.3 is 5.97 Å². The van der Waals surface area contributed by atoms with Crippen LogP contribution in [0.2, 0.25) is 0 Å². The summed E-state index contributed by atoms with van der Waals surface area (Å²) in [4.78, 5) is 32.6. The highest BCUT2D eigenvalue weighted by atomic mass is 32.1. The quantitative estimate of drug-likeness (QED) is 0.318. The number of aryl methyl sites for hydroxylation is 2. The Labute approximate surface area is 174 Å². The number of thiazole rings is 1. The molecule has 0 spiro atoms. The van der Waals surface area contributed by atoms with Gasteiger partial charge in [0.05, 0.1) is 18.3 Å². The third kappa shape index (κ3) is 7.43. The Kier molecular flexibility index (Phi) is 9.01. The summed E-state index contributed by atoms with van der Waals surface area (Å²) in [5.74, 6) is -0.275. The summed E-state index contributed by atoms with van der Waals surface area (Å²) in [6.07, 6.45) is 1.79. The number of benzene rings is 1. The zero-order chi connectivity index (χ0) is 21.2. The molecule has 0 radical (unpaired) electrons. The van der Waals surface area contributed by atoms with Crippen LogP contribution in [0.1, 0.15) is 47.5 Å². The summed E-state index contributed by atoms with van der Waals surface area (Å²) in [6.45, 7) is 5.93. The van der Waals surface area contributed by atoms with E-state index in [0.29, 0.717) is 19.4 Å². The summed E-state index contributed by atoms with van der Waals surface area (Å²) >= 11 is 1.47. The Morgan fingerprint density at radius 3 is 2.69 bits per heavy atom. The van der Waals surface area contributed by atoms with E-state index < -0.39 is 11.1 Å². The minimum Gasteiger partial charge on any atom is -0.465 e. The number of ether oxygens (including phenoxy) is 1. The molecule has 0 aliphatic heterocycles. The second-order valence-electron chi connectivity index (χ2n) is 6.58. The number of carbonyl (C=O) groups excluding carboxylic acids is 1. The molecule has 9 heteroatoms. The molecule has 2 aromatic rings. The SMILES string of the molecule is CCOC(=O)[C@H](CCc1ccccc1)N[C@@H](C)c1nc(C)c(CCO[N+](=O)[O-])s1. The van der Waals surface area contributed by atoms with Crippen LogP contribution in [0.4, 0.5) is 0 Å². The average Bonchev–Trinajstić information content (AvgIpc) is 3.06. The van der Waals surface area contributed by atoms with E-state index in [1.807, 2.05) is 44.2 Å². The van der Waals surface area contributed by atoms with Gasteiger partial charge in [-0.3, -0.25) is 10.1 Å². The van der Waals surface area contributed by atoms with Gasteiger partial charge in [0.2, 0.25) is 0 Å². The topological polar surface area (TPSA) is 104 Å². The van der Waals surface area contributed by atoms with E-state index >= 15 is 0 Å². The molecule has 0 saturated carbocycles. The van der Waals surface area contributed by atoms with E-state index in [0.717, 1.165) is 27.6 Å². The van der Waals surface area contributed by atoms with E-state index in [-0.39, 0.29) is 18.6 Å². The van der Waals surface area contributed by atoms with Gasteiger partial charge in [-0.05, 0) is 39.2 Å².